The molecule has 0 aliphatic heterocycles. The highest BCUT2D eigenvalue weighted by atomic mass is 16.2. The Morgan fingerprint density at radius 2 is 1.29 bits per heavy atom. The first-order chi connectivity index (χ1) is 12.9. The summed E-state index contributed by atoms with van der Waals surface area (Å²) in [6.07, 6.45) is 10.6. The van der Waals surface area contributed by atoms with Crippen molar-refractivity contribution in [2.75, 3.05) is 6.54 Å². The zero-order valence-electron chi connectivity index (χ0n) is 17.6. The molecule has 144 valence electrons. The summed E-state index contributed by atoms with van der Waals surface area (Å²) in [5, 5.41) is 2.67. The van der Waals surface area contributed by atoms with Crippen LogP contribution in [0.4, 0.5) is 0 Å². The molecule has 0 bridgehead atoms. The van der Waals surface area contributed by atoms with Crippen LogP contribution in [0.2, 0.25) is 0 Å². The molecule has 0 fully saturated rings. The van der Waals surface area contributed by atoms with Crippen LogP contribution in [0.1, 0.15) is 54.4 Å². The Hall–Kier alpha value is -3.50. The van der Waals surface area contributed by atoms with Gasteiger partial charge >= 0.3 is 0 Å². The topological polar surface area (TPSA) is 46.2 Å². The van der Waals surface area contributed by atoms with Crippen molar-refractivity contribution < 1.29 is 9.59 Å². The fraction of sp³-hybridized carbons (Fsp3) is 0.440. The van der Waals surface area contributed by atoms with Crippen LogP contribution in [0.25, 0.3) is 0 Å². The summed E-state index contributed by atoms with van der Waals surface area (Å²) < 4.78 is 0. The van der Waals surface area contributed by atoms with Gasteiger partial charge in [0.15, 0.2) is 0 Å². The van der Waals surface area contributed by atoms with Gasteiger partial charge in [-0.15, -0.1) is 12.8 Å². The van der Waals surface area contributed by atoms with Crippen molar-refractivity contribution in [3.8, 4) is 72.1 Å². The molecule has 0 aromatic heterocycles. The fourth-order valence-corrected chi connectivity index (χ4v) is 1.45. The van der Waals surface area contributed by atoms with Crippen molar-refractivity contribution in [2.45, 2.75) is 54.4 Å². The summed E-state index contributed by atoms with van der Waals surface area (Å²) in [6, 6.07) is 0. The van der Waals surface area contributed by atoms with Gasteiger partial charge in [-0.3, -0.25) is 9.59 Å². The quantitative estimate of drug-likeness (QED) is 0.774. The van der Waals surface area contributed by atoms with Crippen molar-refractivity contribution in [1.82, 2.24) is 5.32 Å². The summed E-state index contributed by atoms with van der Waals surface area (Å²) in [5.74, 6) is 24.4. The van der Waals surface area contributed by atoms with E-state index in [-0.39, 0.29) is 28.9 Å². The number of carbonyl (C=O) groups is 2. The van der Waals surface area contributed by atoms with Gasteiger partial charge in [0.2, 0.25) is 5.91 Å². The minimum Gasteiger partial charge on any atom is -0.345 e. The van der Waals surface area contributed by atoms with Crippen molar-refractivity contribution in [2.24, 2.45) is 10.8 Å². The minimum atomic E-state index is -0.383. The summed E-state index contributed by atoms with van der Waals surface area (Å²) in [6.45, 7) is 11.9. The monoisotopic (exact) mass is 373 g/mol. The van der Waals surface area contributed by atoms with Crippen LogP contribution in [-0.4, -0.2) is 18.2 Å². The van der Waals surface area contributed by atoms with Crippen LogP contribution < -0.4 is 5.32 Å². The molecule has 0 heterocycles. The number of hydrogen-bond donors (Lipinski definition) is 1. The highest BCUT2D eigenvalue weighted by Gasteiger charge is 2.19. The maximum Gasteiger partial charge on any atom is 0.226 e. The number of nitrogens with one attached hydrogen (secondary N) is 1. The lowest BCUT2D eigenvalue weighted by molar-refractivity contribution is -0.128. The van der Waals surface area contributed by atoms with E-state index >= 15 is 0 Å². The number of amides is 1. The summed E-state index contributed by atoms with van der Waals surface area (Å²) >= 11 is 0. The van der Waals surface area contributed by atoms with Crippen LogP contribution >= 0.6 is 0 Å². The number of terminal acetylenes is 2. The van der Waals surface area contributed by atoms with Crippen LogP contribution in [0.5, 0.6) is 0 Å². The first-order valence-electron chi connectivity index (χ1n) is 8.61. The van der Waals surface area contributed by atoms with Gasteiger partial charge in [0.05, 0.1) is 13.0 Å². The fourth-order valence-electron chi connectivity index (χ4n) is 1.45. The largest absolute Gasteiger partial charge is 0.345 e. The summed E-state index contributed by atoms with van der Waals surface area (Å²) in [5.41, 5.74) is -0.352. The van der Waals surface area contributed by atoms with Gasteiger partial charge in [-0.25, -0.2) is 0 Å². The third kappa shape index (κ3) is 20.5. The molecule has 0 aliphatic carbocycles. The number of hydrogen-bond acceptors (Lipinski definition) is 2. The average Bonchev–Trinajstić information content (AvgIpc) is 2.55. The lowest BCUT2D eigenvalue weighted by Gasteiger charge is -2.15. The molecule has 1 N–H and O–H groups in total. The highest BCUT2D eigenvalue weighted by Crippen LogP contribution is 2.19. The third-order valence-corrected chi connectivity index (χ3v) is 2.60. The van der Waals surface area contributed by atoms with Crippen molar-refractivity contribution in [3.63, 3.8) is 0 Å². The van der Waals surface area contributed by atoms with Crippen molar-refractivity contribution >= 4 is 11.7 Å². The lowest BCUT2D eigenvalue weighted by Crippen LogP contribution is -2.34. The molecule has 1 amide bonds. The van der Waals surface area contributed by atoms with Gasteiger partial charge in [-0.05, 0) is 52.8 Å². The Kier molecular flexibility index (Phi) is 14.0. The standard InChI is InChI=1S/C13H14O.C12H13NO/c1-5-6-7-8-9-10-12(14)11-13(2,3)4;1-5-6-7-8-9-10-13-11(14)12(2,3)4/h1H,10-11H2,2-4H3;1H,10H2,2-4H3,(H,13,14). The molecule has 28 heavy (non-hydrogen) atoms. The van der Waals surface area contributed by atoms with E-state index in [9.17, 15) is 9.59 Å². The Morgan fingerprint density at radius 1 is 0.786 bits per heavy atom. The van der Waals surface area contributed by atoms with E-state index < -0.39 is 0 Å². The second kappa shape index (κ2) is 14.6. The highest BCUT2D eigenvalue weighted by molar-refractivity contribution is 5.81. The maximum absolute atomic E-state index is 11.3. The number of ketones is 1. The molecule has 0 spiro atoms. The Balaban J connectivity index is 0. The zero-order chi connectivity index (χ0) is 22.1. The number of carbonyl (C=O) groups excluding carboxylic acids is 2. The normalized spacial score (nSPS) is 8.57. The lowest BCUT2D eigenvalue weighted by atomic mass is 9.89. The first-order valence-corrected chi connectivity index (χ1v) is 8.61. The minimum absolute atomic E-state index is 0.0308. The van der Waals surface area contributed by atoms with Gasteiger partial charge in [0, 0.05) is 11.8 Å². The average molecular weight is 373 g/mol. The molecule has 0 rings (SSSR count). The van der Waals surface area contributed by atoms with Gasteiger partial charge in [-0.1, -0.05) is 53.4 Å². The van der Waals surface area contributed by atoms with Crippen molar-refractivity contribution in [3.05, 3.63) is 0 Å². The molecule has 0 saturated carbocycles. The second-order valence-electron chi connectivity index (χ2n) is 7.78. The van der Waals surface area contributed by atoms with E-state index in [1.54, 1.807) is 0 Å². The van der Waals surface area contributed by atoms with Gasteiger partial charge in [-0.2, -0.15) is 0 Å². The Bertz CT molecular complexity index is 863. The van der Waals surface area contributed by atoms with E-state index in [1.807, 2.05) is 41.5 Å². The molecule has 0 atom stereocenters. The molecule has 0 unspecified atom stereocenters. The van der Waals surface area contributed by atoms with E-state index in [4.69, 9.17) is 12.8 Å². The molecule has 0 aliphatic rings. The SMILES string of the molecule is C#CC#CC#CCC(=O)CC(C)(C)C.C#CC#CC#CCNC(=O)C(C)(C)C. The Labute approximate surface area is 170 Å². The summed E-state index contributed by atoms with van der Waals surface area (Å²) in [7, 11) is 0. The molecular weight excluding hydrogens is 346 g/mol. The van der Waals surface area contributed by atoms with E-state index in [0.717, 1.165) is 0 Å². The number of rotatable bonds is 3. The molecule has 0 saturated heterocycles. The van der Waals surface area contributed by atoms with Gasteiger partial charge in [0.1, 0.15) is 5.78 Å². The van der Waals surface area contributed by atoms with E-state index in [0.29, 0.717) is 13.0 Å². The van der Waals surface area contributed by atoms with Crippen LogP contribution in [-0.2, 0) is 9.59 Å². The van der Waals surface area contributed by atoms with Crippen LogP contribution in [0.15, 0.2) is 0 Å². The predicted octanol–water partition coefficient (Wildman–Crippen LogP) is 2.81. The molecule has 0 radical (unpaired) electrons. The Morgan fingerprint density at radius 3 is 1.71 bits per heavy atom. The molecule has 3 heteroatoms. The van der Waals surface area contributed by atoms with Crippen molar-refractivity contribution in [1.29, 1.82) is 0 Å². The van der Waals surface area contributed by atoms with Crippen LogP contribution in [0, 0.1) is 82.9 Å². The smallest absolute Gasteiger partial charge is 0.226 e. The van der Waals surface area contributed by atoms with Gasteiger partial charge in [0.25, 0.3) is 0 Å². The first kappa shape index (κ1) is 26.7. The van der Waals surface area contributed by atoms with E-state index in [1.165, 1.54) is 0 Å². The van der Waals surface area contributed by atoms with E-state index in [2.05, 4.69) is 64.5 Å². The third-order valence-electron chi connectivity index (χ3n) is 2.60. The zero-order valence-corrected chi connectivity index (χ0v) is 17.6. The molecule has 3 nitrogen and oxygen atoms in total. The van der Waals surface area contributed by atoms with Gasteiger partial charge < -0.3 is 5.32 Å². The number of Topliss-reactive ketones (excluding diaryl/α,β-unsaturated/α-hetero) is 1. The maximum atomic E-state index is 11.3. The van der Waals surface area contributed by atoms with Crippen LogP contribution in [0.3, 0.4) is 0 Å². The molecule has 0 aromatic rings. The molecule has 0 aromatic carbocycles. The predicted molar refractivity (Wildman–Crippen MR) is 115 cm³/mol. The summed E-state index contributed by atoms with van der Waals surface area (Å²) in [4.78, 5) is 22.6. The second-order valence-corrected chi connectivity index (χ2v) is 7.78. The molecular formula is C25H27NO2.